The summed E-state index contributed by atoms with van der Waals surface area (Å²) in [6, 6.07) is -0.130. The first-order chi connectivity index (χ1) is 10.1. The highest BCUT2D eigenvalue weighted by Gasteiger charge is 2.29. The van der Waals surface area contributed by atoms with Crippen LogP contribution in [0.2, 0.25) is 0 Å². The summed E-state index contributed by atoms with van der Waals surface area (Å²) in [5, 5.41) is 10.4. The van der Waals surface area contributed by atoms with Gasteiger partial charge >= 0.3 is 0 Å². The molecule has 4 N–H and O–H groups in total. The summed E-state index contributed by atoms with van der Waals surface area (Å²) in [5.74, 6) is -0.758. The molecule has 0 radical (unpaired) electrons. The molecule has 2 aromatic heterocycles. The molecule has 1 saturated heterocycles. The van der Waals surface area contributed by atoms with E-state index in [1.807, 2.05) is 0 Å². The van der Waals surface area contributed by atoms with Crippen molar-refractivity contribution in [2.45, 2.75) is 6.04 Å². The van der Waals surface area contributed by atoms with Crippen LogP contribution in [0.1, 0.15) is 10.4 Å². The molecular weight excluding hydrogens is 343 g/mol. The van der Waals surface area contributed by atoms with Crippen molar-refractivity contribution < 1.29 is 9.18 Å². The summed E-state index contributed by atoms with van der Waals surface area (Å²) in [6.45, 7) is 0.777. The average molecular weight is 357 g/mol. The topological polar surface area (TPSA) is 97.3 Å². The van der Waals surface area contributed by atoms with Crippen molar-refractivity contribution in [1.29, 1.82) is 0 Å². The molecule has 0 unspecified atom stereocenters. The van der Waals surface area contributed by atoms with Gasteiger partial charge in [0, 0.05) is 25.0 Å². The molecule has 0 aromatic carbocycles. The third-order valence-corrected chi connectivity index (χ3v) is 3.98. The smallest absolute Gasteiger partial charge is 0.252 e. The maximum absolute atomic E-state index is 13.0. The molecule has 7 nitrogen and oxygen atoms in total. The number of halogens is 2. The van der Waals surface area contributed by atoms with Crippen LogP contribution in [-0.2, 0) is 0 Å². The third-order valence-electron chi connectivity index (χ3n) is 3.60. The zero-order valence-corrected chi connectivity index (χ0v) is 12.6. The van der Waals surface area contributed by atoms with Crippen LogP contribution in [0.25, 0.3) is 5.65 Å². The number of anilines is 1. The molecule has 2 aromatic rings. The van der Waals surface area contributed by atoms with E-state index in [0.717, 1.165) is 0 Å². The van der Waals surface area contributed by atoms with Gasteiger partial charge in [-0.15, -0.1) is 0 Å². The Morgan fingerprint density at radius 1 is 1.62 bits per heavy atom. The summed E-state index contributed by atoms with van der Waals surface area (Å²) >= 11 is 3.27. The Labute approximate surface area is 128 Å². The molecule has 21 heavy (non-hydrogen) atoms. The number of nitrogens with zero attached hydrogens (tertiary/aromatic N) is 3. The Kier molecular flexibility index (Phi) is 3.77. The minimum atomic E-state index is -0.602. The normalized spacial score (nSPS) is 21.8. The maximum Gasteiger partial charge on any atom is 0.252 e. The summed E-state index contributed by atoms with van der Waals surface area (Å²) in [7, 11) is 0. The molecule has 1 aliphatic heterocycles. The van der Waals surface area contributed by atoms with Crippen molar-refractivity contribution in [3.63, 3.8) is 0 Å². The monoisotopic (exact) mass is 356 g/mol. The first-order valence-corrected chi connectivity index (χ1v) is 7.26. The van der Waals surface area contributed by atoms with Gasteiger partial charge in [0.05, 0.1) is 30.3 Å². The number of aromatic nitrogens is 3. The van der Waals surface area contributed by atoms with Crippen LogP contribution in [0.4, 0.5) is 10.1 Å². The Morgan fingerprint density at radius 2 is 2.43 bits per heavy atom. The second-order valence-corrected chi connectivity index (χ2v) is 5.77. The van der Waals surface area contributed by atoms with Gasteiger partial charge in [0.15, 0.2) is 5.65 Å². The summed E-state index contributed by atoms with van der Waals surface area (Å²) in [5.41, 5.74) is 6.59. The SMILES string of the molecule is NC(=O)c1cnn2cc(Br)nc2c1N[C@@H]1CNC[C@@H]1CF. The summed E-state index contributed by atoms with van der Waals surface area (Å²) in [4.78, 5) is 15.9. The summed E-state index contributed by atoms with van der Waals surface area (Å²) < 4.78 is 15.1. The average Bonchev–Trinajstić information content (AvgIpc) is 3.03. The summed E-state index contributed by atoms with van der Waals surface area (Å²) in [6.07, 6.45) is 3.06. The fourth-order valence-electron chi connectivity index (χ4n) is 2.49. The highest BCUT2D eigenvalue weighted by Crippen LogP contribution is 2.25. The van der Waals surface area contributed by atoms with Gasteiger partial charge in [-0.05, 0) is 15.9 Å². The minimum absolute atomic E-state index is 0.130. The Bertz CT molecular complexity index is 690. The molecule has 0 spiro atoms. The molecule has 0 aliphatic carbocycles. The van der Waals surface area contributed by atoms with Gasteiger partial charge in [-0.2, -0.15) is 5.10 Å². The van der Waals surface area contributed by atoms with E-state index in [4.69, 9.17) is 5.73 Å². The van der Waals surface area contributed by atoms with Crippen LogP contribution in [0.15, 0.2) is 17.0 Å². The van der Waals surface area contributed by atoms with Crippen molar-refractivity contribution in [3.8, 4) is 0 Å². The van der Waals surface area contributed by atoms with Gasteiger partial charge in [0.2, 0.25) is 0 Å². The van der Waals surface area contributed by atoms with Crippen molar-refractivity contribution in [2.75, 3.05) is 25.1 Å². The van der Waals surface area contributed by atoms with Crippen molar-refractivity contribution in [2.24, 2.45) is 11.7 Å². The number of carbonyl (C=O) groups excluding carboxylic acids is 1. The Morgan fingerprint density at radius 3 is 3.14 bits per heavy atom. The molecular formula is C12H14BrFN6O. The lowest BCUT2D eigenvalue weighted by atomic mass is 10.0. The van der Waals surface area contributed by atoms with Gasteiger partial charge in [0.1, 0.15) is 4.60 Å². The quantitative estimate of drug-likeness (QED) is 0.743. The minimum Gasteiger partial charge on any atom is -0.377 e. The highest BCUT2D eigenvalue weighted by atomic mass is 79.9. The zero-order valence-electron chi connectivity index (χ0n) is 11.0. The lowest BCUT2D eigenvalue weighted by Gasteiger charge is -2.20. The number of fused-ring (bicyclic) bond motifs is 1. The van der Waals surface area contributed by atoms with E-state index in [1.165, 1.54) is 10.7 Å². The first kappa shape index (κ1) is 14.2. The molecule has 9 heteroatoms. The first-order valence-electron chi connectivity index (χ1n) is 6.47. The van der Waals surface area contributed by atoms with Gasteiger partial charge < -0.3 is 16.4 Å². The second kappa shape index (κ2) is 5.57. The van der Waals surface area contributed by atoms with Gasteiger partial charge in [-0.3, -0.25) is 9.18 Å². The van der Waals surface area contributed by atoms with Crippen molar-refractivity contribution in [3.05, 3.63) is 22.6 Å². The Hall–Kier alpha value is -1.74. The number of hydrogen-bond acceptors (Lipinski definition) is 5. The number of primary amides is 1. The van der Waals surface area contributed by atoms with Crippen molar-refractivity contribution >= 4 is 33.2 Å². The molecule has 1 fully saturated rings. The molecule has 1 aliphatic rings. The predicted octanol–water partition coefficient (Wildman–Crippen LogP) is 0.560. The molecule has 3 heterocycles. The molecule has 1 amide bonds. The number of carbonyl (C=O) groups is 1. The number of alkyl halides is 1. The van der Waals surface area contributed by atoms with Crippen LogP contribution >= 0.6 is 15.9 Å². The number of imidazole rings is 1. The Balaban J connectivity index is 2.05. The van der Waals surface area contributed by atoms with E-state index < -0.39 is 12.6 Å². The lowest BCUT2D eigenvalue weighted by molar-refractivity contribution is 0.100. The number of nitrogens with one attached hydrogen (secondary N) is 2. The number of hydrogen-bond donors (Lipinski definition) is 3. The van der Waals surface area contributed by atoms with E-state index in [0.29, 0.717) is 29.0 Å². The van der Waals surface area contributed by atoms with Crippen LogP contribution in [0.3, 0.4) is 0 Å². The number of nitrogens with two attached hydrogens (primary N) is 1. The van der Waals surface area contributed by atoms with Crippen LogP contribution in [-0.4, -0.2) is 46.3 Å². The van der Waals surface area contributed by atoms with Crippen molar-refractivity contribution in [1.82, 2.24) is 19.9 Å². The van der Waals surface area contributed by atoms with E-state index in [-0.39, 0.29) is 17.5 Å². The standard InChI is InChI=1S/C12H14BrFN6O/c13-9-5-20-12(19-9)10(7(3-17-20)11(15)21)18-8-4-16-2-6(8)1-14/h3,5-6,8,16,18H,1-2,4H2,(H2,15,21)/t6-,8+/m0/s1. The van der Waals surface area contributed by atoms with Gasteiger partial charge in [0.25, 0.3) is 5.91 Å². The largest absolute Gasteiger partial charge is 0.377 e. The fraction of sp³-hybridized carbons (Fsp3) is 0.417. The van der Waals surface area contributed by atoms with Crippen LogP contribution in [0, 0.1) is 5.92 Å². The number of amides is 1. The molecule has 0 saturated carbocycles. The highest BCUT2D eigenvalue weighted by molar-refractivity contribution is 9.10. The molecule has 112 valence electrons. The van der Waals surface area contributed by atoms with E-state index in [9.17, 15) is 9.18 Å². The predicted molar refractivity (Wildman–Crippen MR) is 79.0 cm³/mol. The lowest BCUT2D eigenvalue weighted by Crippen LogP contribution is -2.31. The third kappa shape index (κ3) is 2.58. The maximum atomic E-state index is 13.0. The van der Waals surface area contributed by atoms with E-state index >= 15 is 0 Å². The van der Waals surface area contributed by atoms with Crippen LogP contribution in [0.5, 0.6) is 0 Å². The van der Waals surface area contributed by atoms with Crippen LogP contribution < -0.4 is 16.4 Å². The second-order valence-electron chi connectivity index (χ2n) is 4.95. The van der Waals surface area contributed by atoms with E-state index in [1.54, 1.807) is 6.20 Å². The molecule has 0 bridgehead atoms. The number of rotatable bonds is 4. The van der Waals surface area contributed by atoms with Gasteiger partial charge in [-0.25, -0.2) is 9.50 Å². The fourth-order valence-corrected chi connectivity index (χ4v) is 2.85. The van der Waals surface area contributed by atoms with E-state index in [2.05, 4.69) is 36.6 Å². The molecule has 3 rings (SSSR count). The van der Waals surface area contributed by atoms with Gasteiger partial charge in [-0.1, -0.05) is 0 Å². The zero-order chi connectivity index (χ0) is 15.0. The molecule has 2 atom stereocenters.